The largest absolute Gasteiger partial charge is 0.379 e. The van der Waals surface area contributed by atoms with Crippen molar-refractivity contribution in [3.63, 3.8) is 0 Å². The van der Waals surface area contributed by atoms with Gasteiger partial charge in [0.2, 0.25) is 0 Å². The summed E-state index contributed by atoms with van der Waals surface area (Å²) in [5.41, 5.74) is 1.39. The zero-order valence-corrected chi connectivity index (χ0v) is 12.8. The van der Waals surface area contributed by atoms with Gasteiger partial charge in [0.1, 0.15) is 0 Å². The van der Waals surface area contributed by atoms with Crippen LogP contribution in [-0.2, 0) is 17.6 Å². The minimum atomic E-state index is 0.0881. The number of nitrogens with one attached hydrogen (secondary N) is 1. The van der Waals surface area contributed by atoms with Gasteiger partial charge in [-0.05, 0) is 37.8 Å². The Hall–Kier alpha value is -0.910. The number of amides is 1. The highest BCUT2D eigenvalue weighted by molar-refractivity contribution is 7.14. The summed E-state index contributed by atoms with van der Waals surface area (Å²) in [5.74, 6) is 0.0881. The van der Waals surface area contributed by atoms with Gasteiger partial charge in [0, 0.05) is 30.6 Å². The maximum atomic E-state index is 12.3. The number of morpholine rings is 1. The van der Waals surface area contributed by atoms with E-state index in [0.717, 1.165) is 50.6 Å². The molecular weight excluding hydrogens is 272 g/mol. The number of hydrogen-bond acceptors (Lipinski definition) is 4. The SMILES string of the molecule is C[C@H](CN1CCOCC1)NC(=O)c1cc2c(s1)CCC2. The second-order valence-electron chi connectivity index (χ2n) is 5.70. The smallest absolute Gasteiger partial charge is 0.261 e. The molecule has 1 atom stereocenters. The van der Waals surface area contributed by atoms with Crippen molar-refractivity contribution in [2.75, 3.05) is 32.8 Å². The molecule has 1 fully saturated rings. The topological polar surface area (TPSA) is 41.6 Å². The maximum absolute atomic E-state index is 12.3. The third-order valence-corrected chi connectivity index (χ3v) is 5.22. The first-order valence-electron chi connectivity index (χ1n) is 7.45. The Balaban J connectivity index is 1.52. The summed E-state index contributed by atoms with van der Waals surface area (Å²) in [6.07, 6.45) is 3.54. The Morgan fingerprint density at radius 2 is 2.25 bits per heavy atom. The van der Waals surface area contributed by atoms with Crippen molar-refractivity contribution in [1.82, 2.24) is 10.2 Å². The molecule has 110 valence electrons. The fourth-order valence-electron chi connectivity index (χ4n) is 2.95. The monoisotopic (exact) mass is 294 g/mol. The van der Waals surface area contributed by atoms with Crippen LogP contribution >= 0.6 is 11.3 Å². The van der Waals surface area contributed by atoms with E-state index in [-0.39, 0.29) is 11.9 Å². The first-order chi connectivity index (χ1) is 9.72. The molecular formula is C15H22N2O2S. The van der Waals surface area contributed by atoms with Crippen LogP contribution in [0.25, 0.3) is 0 Å². The van der Waals surface area contributed by atoms with E-state index in [2.05, 4.69) is 23.2 Å². The number of carbonyl (C=O) groups excluding carboxylic acids is 1. The molecule has 0 spiro atoms. The predicted molar refractivity (Wildman–Crippen MR) is 80.5 cm³/mol. The van der Waals surface area contributed by atoms with Crippen LogP contribution in [0, 0.1) is 0 Å². The van der Waals surface area contributed by atoms with E-state index in [4.69, 9.17) is 4.74 Å². The first-order valence-corrected chi connectivity index (χ1v) is 8.26. The lowest BCUT2D eigenvalue weighted by Crippen LogP contribution is -2.45. The summed E-state index contributed by atoms with van der Waals surface area (Å²) in [7, 11) is 0. The van der Waals surface area contributed by atoms with Crippen molar-refractivity contribution in [2.45, 2.75) is 32.2 Å². The Kier molecular flexibility index (Phi) is 4.38. The summed E-state index contributed by atoms with van der Waals surface area (Å²) >= 11 is 1.67. The van der Waals surface area contributed by atoms with Crippen LogP contribution in [0.15, 0.2) is 6.07 Å². The van der Waals surface area contributed by atoms with Gasteiger partial charge >= 0.3 is 0 Å². The molecule has 1 aliphatic carbocycles. The molecule has 0 bridgehead atoms. The van der Waals surface area contributed by atoms with Gasteiger partial charge in [-0.2, -0.15) is 0 Å². The number of ether oxygens (including phenoxy) is 1. The lowest BCUT2D eigenvalue weighted by Gasteiger charge is -2.29. The van der Waals surface area contributed by atoms with Crippen molar-refractivity contribution in [2.24, 2.45) is 0 Å². The van der Waals surface area contributed by atoms with Gasteiger partial charge < -0.3 is 10.1 Å². The molecule has 1 N–H and O–H groups in total. The molecule has 1 saturated heterocycles. The van der Waals surface area contributed by atoms with E-state index in [1.54, 1.807) is 11.3 Å². The Morgan fingerprint density at radius 3 is 3.00 bits per heavy atom. The van der Waals surface area contributed by atoms with E-state index in [1.807, 2.05) is 0 Å². The number of thiophene rings is 1. The number of hydrogen-bond donors (Lipinski definition) is 1. The zero-order chi connectivity index (χ0) is 13.9. The molecule has 0 unspecified atom stereocenters. The summed E-state index contributed by atoms with van der Waals surface area (Å²) in [5, 5.41) is 3.12. The Bertz CT molecular complexity index is 459. The fourth-order valence-corrected chi connectivity index (χ4v) is 4.11. The molecule has 2 aliphatic rings. The average Bonchev–Trinajstić information content (AvgIpc) is 3.00. The van der Waals surface area contributed by atoms with E-state index in [1.165, 1.54) is 16.9 Å². The van der Waals surface area contributed by atoms with Crippen LogP contribution in [0.1, 0.15) is 33.5 Å². The van der Waals surface area contributed by atoms with E-state index in [9.17, 15) is 4.79 Å². The Morgan fingerprint density at radius 1 is 1.45 bits per heavy atom. The second kappa shape index (κ2) is 6.24. The van der Waals surface area contributed by atoms with Crippen molar-refractivity contribution in [3.05, 3.63) is 21.4 Å². The number of aryl methyl sites for hydroxylation is 2. The van der Waals surface area contributed by atoms with Crippen LogP contribution in [0.2, 0.25) is 0 Å². The van der Waals surface area contributed by atoms with Gasteiger partial charge in [0.25, 0.3) is 5.91 Å². The van der Waals surface area contributed by atoms with E-state index >= 15 is 0 Å². The van der Waals surface area contributed by atoms with E-state index < -0.39 is 0 Å². The summed E-state index contributed by atoms with van der Waals surface area (Å²) in [6, 6.07) is 2.27. The van der Waals surface area contributed by atoms with Crippen molar-refractivity contribution in [1.29, 1.82) is 0 Å². The molecule has 5 heteroatoms. The standard InChI is InChI=1S/C15H22N2O2S/c1-11(10-17-5-7-19-8-6-17)16-15(18)14-9-12-3-2-4-13(12)20-14/h9,11H,2-8,10H2,1H3,(H,16,18)/t11-/m1/s1. The lowest BCUT2D eigenvalue weighted by atomic mass is 10.2. The van der Waals surface area contributed by atoms with Crippen molar-refractivity contribution >= 4 is 17.2 Å². The van der Waals surface area contributed by atoms with Crippen LogP contribution in [-0.4, -0.2) is 49.7 Å². The molecule has 1 aromatic heterocycles. The van der Waals surface area contributed by atoms with Crippen LogP contribution in [0.3, 0.4) is 0 Å². The fraction of sp³-hybridized carbons (Fsp3) is 0.667. The molecule has 2 heterocycles. The minimum Gasteiger partial charge on any atom is -0.379 e. The third-order valence-electron chi connectivity index (χ3n) is 3.98. The molecule has 4 nitrogen and oxygen atoms in total. The van der Waals surface area contributed by atoms with Crippen molar-refractivity contribution < 1.29 is 9.53 Å². The van der Waals surface area contributed by atoms with Crippen LogP contribution in [0.4, 0.5) is 0 Å². The summed E-state index contributed by atoms with van der Waals surface area (Å²) in [6.45, 7) is 6.52. The van der Waals surface area contributed by atoms with Gasteiger partial charge in [-0.1, -0.05) is 0 Å². The number of fused-ring (bicyclic) bond motifs is 1. The zero-order valence-electron chi connectivity index (χ0n) is 12.0. The van der Waals surface area contributed by atoms with Gasteiger partial charge in [-0.3, -0.25) is 9.69 Å². The molecule has 20 heavy (non-hydrogen) atoms. The molecule has 1 aromatic rings. The molecule has 3 rings (SSSR count). The number of nitrogens with zero attached hydrogens (tertiary/aromatic N) is 1. The summed E-state index contributed by atoms with van der Waals surface area (Å²) < 4.78 is 5.34. The number of rotatable bonds is 4. The molecule has 0 aromatic carbocycles. The quantitative estimate of drug-likeness (QED) is 0.919. The highest BCUT2D eigenvalue weighted by Crippen LogP contribution is 2.30. The van der Waals surface area contributed by atoms with Gasteiger partial charge in [0.05, 0.1) is 18.1 Å². The third kappa shape index (κ3) is 3.22. The molecule has 1 aliphatic heterocycles. The van der Waals surface area contributed by atoms with Gasteiger partial charge in [-0.15, -0.1) is 11.3 Å². The molecule has 1 amide bonds. The first kappa shape index (κ1) is 14.0. The van der Waals surface area contributed by atoms with Crippen molar-refractivity contribution in [3.8, 4) is 0 Å². The lowest BCUT2D eigenvalue weighted by molar-refractivity contribution is 0.0342. The average molecular weight is 294 g/mol. The molecule has 0 radical (unpaired) electrons. The predicted octanol–water partition coefficient (Wildman–Crippen LogP) is 1.69. The highest BCUT2D eigenvalue weighted by atomic mass is 32.1. The summed E-state index contributed by atoms with van der Waals surface area (Å²) in [4.78, 5) is 16.9. The van der Waals surface area contributed by atoms with Crippen LogP contribution < -0.4 is 5.32 Å². The Labute approximate surface area is 124 Å². The van der Waals surface area contributed by atoms with Gasteiger partial charge in [0.15, 0.2) is 0 Å². The maximum Gasteiger partial charge on any atom is 0.261 e. The van der Waals surface area contributed by atoms with Gasteiger partial charge in [-0.25, -0.2) is 0 Å². The minimum absolute atomic E-state index is 0.0881. The van der Waals surface area contributed by atoms with E-state index in [0.29, 0.717) is 0 Å². The normalized spacial score (nSPS) is 20.6. The molecule has 0 saturated carbocycles. The van der Waals surface area contributed by atoms with Crippen LogP contribution in [0.5, 0.6) is 0 Å². The highest BCUT2D eigenvalue weighted by Gasteiger charge is 2.20. The number of carbonyl (C=O) groups is 1. The second-order valence-corrected chi connectivity index (χ2v) is 6.84.